The van der Waals surface area contributed by atoms with E-state index in [1.807, 2.05) is 31.2 Å². The Labute approximate surface area is 118 Å². The Balaban J connectivity index is 2.22. The van der Waals surface area contributed by atoms with E-state index in [0.29, 0.717) is 5.69 Å². The molecule has 0 unspecified atom stereocenters. The Morgan fingerprint density at radius 2 is 1.95 bits per heavy atom. The zero-order valence-corrected chi connectivity index (χ0v) is 12.0. The van der Waals surface area contributed by atoms with E-state index in [9.17, 15) is 8.42 Å². The quantitative estimate of drug-likeness (QED) is 0.870. The number of sulfonamides is 1. The minimum Gasteiger partial charge on any atom is -0.325 e. The lowest BCUT2D eigenvalue weighted by Gasteiger charge is -2.10. The fraction of sp³-hybridized carbons (Fsp3) is 0.214. The zero-order valence-electron chi connectivity index (χ0n) is 11.2. The van der Waals surface area contributed by atoms with Gasteiger partial charge in [-0.1, -0.05) is 24.3 Å². The monoisotopic (exact) mass is 291 g/mol. The van der Waals surface area contributed by atoms with Crippen LogP contribution < -0.4 is 10.5 Å². The molecule has 0 spiro atoms. The topological polar surface area (TPSA) is 85.1 Å². The van der Waals surface area contributed by atoms with Crippen LogP contribution in [0.15, 0.2) is 47.5 Å². The summed E-state index contributed by atoms with van der Waals surface area (Å²) in [5.74, 6) is 0. The molecule has 6 heteroatoms. The summed E-state index contributed by atoms with van der Waals surface area (Å²) in [6, 6.07) is 10.7. The maximum Gasteiger partial charge on any atom is 0.242 e. The average molecular weight is 291 g/mol. The Morgan fingerprint density at radius 1 is 1.20 bits per heavy atom. The van der Waals surface area contributed by atoms with Crippen LogP contribution >= 0.6 is 0 Å². The molecule has 0 bridgehead atoms. The van der Waals surface area contributed by atoms with Crippen LogP contribution in [0.3, 0.4) is 0 Å². The Kier molecular flexibility index (Phi) is 4.49. The molecular formula is C14H17N3O2S. The minimum absolute atomic E-state index is 0.0848. The van der Waals surface area contributed by atoms with Crippen molar-refractivity contribution in [2.24, 2.45) is 5.73 Å². The maximum atomic E-state index is 12.3. The summed E-state index contributed by atoms with van der Waals surface area (Å²) in [5.41, 5.74) is 7.87. The third-order valence-corrected chi connectivity index (χ3v) is 4.52. The van der Waals surface area contributed by atoms with Crippen LogP contribution in [0.5, 0.6) is 0 Å². The van der Waals surface area contributed by atoms with Crippen molar-refractivity contribution in [2.45, 2.75) is 24.9 Å². The summed E-state index contributed by atoms with van der Waals surface area (Å²) in [6.07, 6.45) is 1.53. The molecule has 1 aromatic heterocycles. The molecule has 0 aliphatic rings. The molecule has 0 saturated carbocycles. The smallest absolute Gasteiger partial charge is 0.242 e. The van der Waals surface area contributed by atoms with Crippen molar-refractivity contribution in [3.05, 3.63) is 59.4 Å². The van der Waals surface area contributed by atoms with Gasteiger partial charge in [0.2, 0.25) is 10.0 Å². The molecule has 0 atom stereocenters. The lowest BCUT2D eigenvalue weighted by molar-refractivity contribution is 0.579. The molecule has 1 aromatic carbocycles. The lowest BCUT2D eigenvalue weighted by Crippen LogP contribution is -2.25. The van der Waals surface area contributed by atoms with Crippen molar-refractivity contribution in [1.82, 2.24) is 9.71 Å². The normalized spacial score (nSPS) is 11.5. The van der Waals surface area contributed by atoms with E-state index >= 15 is 0 Å². The molecule has 0 amide bonds. The van der Waals surface area contributed by atoms with Crippen LogP contribution in [-0.4, -0.2) is 13.4 Å². The molecule has 5 nitrogen and oxygen atoms in total. The van der Waals surface area contributed by atoms with E-state index in [4.69, 9.17) is 5.73 Å². The van der Waals surface area contributed by atoms with E-state index in [0.717, 1.165) is 11.1 Å². The summed E-state index contributed by atoms with van der Waals surface area (Å²) < 4.78 is 27.2. The number of aryl methyl sites for hydroxylation is 1. The predicted octanol–water partition coefficient (Wildman–Crippen LogP) is 1.33. The first-order chi connectivity index (χ1) is 9.54. The van der Waals surface area contributed by atoms with Gasteiger partial charge in [-0.25, -0.2) is 13.1 Å². The van der Waals surface area contributed by atoms with Crippen LogP contribution in [0.2, 0.25) is 0 Å². The van der Waals surface area contributed by atoms with Gasteiger partial charge in [-0.05, 0) is 30.2 Å². The maximum absolute atomic E-state index is 12.3. The first-order valence-electron chi connectivity index (χ1n) is 6.22. The second-order valence-corrected chi connectivity index (χ2v) is 6.14. The summed E-state index contributed by atoms with van der Waals surface area (Å²) in [5, 5.41) is 0. The molecule has 0 aliphatic carbocycles. The Morgan fingerprint density at radius 3 is 2.65 bits per heavy atom. The van der Waals surface area contributed by atoms with Crippen LogP contribution in [0.4, 0.5) is 0 Å². The van der Waals surface area contributed by atoms with Gasteiger partial charge < -0.3 is 5.73 Å². The zero-order chi connectivity index (χ0) is 14.6. The standard InChI is InChI=1S/C14H17N3O2S/c1-11-5-2-3-6-12(11)10-17-20(18,19)14-7-4-8-16-13(14)9-15/h2-8,17H,9-10,15H2,1H3. The molecule has 0 saturated heterocycles. The van der Waals surface area contributed by atoms with Gasteiger partial charge in [0.1, 0.15) is 4.90 Å². The number of hydrogen-bond acceptors (Lipinski definition) is 4. The molecule has 2 aromatic rings. The number of aromatic nitrogens is 1. The van der Waals surface area contributed by atoms with E-state index in [1.54, 1.807) is 6.07 Å². The van der Waals surface area contributed by atoms with Crippen LogP contribution in [0.25, 0.3) is 0 Å². The van der Waals surface area contributed by atoms with Crippen LogP contribution in [-0.2, 0) is 23.1 Å². The number of nitrogens with two attached hydrogens (primary N) is 1. The second-order valence-electron chi connectivity index (χ2n) is 4.40. The van der Waals surface area contributed by atoms with Crippen LogP contribution in [0.1, 0.15) is 16.8 Å². The largest absolute Gasteiger partial charge is 0.325 e. The first-order valence-corrected chi connectivity index (χ1v) is 7.71. The molecule has 0 radical (unpaired) electrons. The highest BCUT2D eigenvalue weighted by Crippen LogP contribution is 2.14. The van der Waals surface area contributed by atoms with Crippen molar-refractivity contribution >= 4 is 10.0 Å². The van der Waals surface area contributed by atoms with Gasteiger partial charge in [0, 0.05) is 19.3 Å². The summed E-state index contributed by atoms with van der Waals surface area (Å²) >= 11 is 0. The van der Waals surface area contributed by atoms with E-state index in [-0.39, 0.29) is 18.0 Å². The summed E-state index contributed by atoms with van der Waals surface area (Å²) in [4.78, 5) is 4.13. The van der Waals surface area contributed by atoms with Crippen molar-refractivity contribution in [2.75, 3.05) is 0 Å². The number of nitrogens with zero attached hydrogens (tertiary/aromatic N) is 1. The van der Waals surface area contributed by atoms with E-state index in [2.05, 4.69) is 9.71 Å². The van der Waals surface area contributed by atoms with Gasteiger partial charge in [0.15, 0.2) is 0 Å². The van der Waals surface area contributed by atoms with Gasteiger partial charge in [-0.15, -0.1) is 0 Å². The van der Waals surface area contributed by atoms with Gasteiger partial charge in [-0.3, -0.25) is 4.98 Å². The van der Waals surface area contributed by atoms with Crippen molar-refractivity contribution < 1.29 is 8.42 Å². The average Bonchev–Trinajstić information content (AvgIpc) is 2.46. The first kappa shape index (κ1) is 14.6. The fourth-order valence-electron chi connectivity index (χ4n) is 1.88. The van der Waals surface area contributed by atoms with E-state index < -0.39 is 10.0 Å². The fourth-order valence-corrected chi connectivity index (χ4v) is 3.09. The molecule has 0 aliphatic heterocycles. The number of benzene rings is 1. The minimum atomic E-state index is -3.61. The second kappa shape index (κ2) is 6.13. The highest BCUT2D eigenvalue weighted by atomic mass is 32.2. The van der Waals surface area contributed by atoms with Crippen molar-refractivity contribution in [1.29, 1.82) is 0 Å². The van der Waals surface area contributed by atoms with Gasteiger partial charge in [0.05, 0.1) is 5.69 Å². The van der Waals surface area contributed by atoms with Crippen molar-refractivity contribution in [3.8, 4) is 0 Å². The van der Waals surface area contributed by atoms with Crippen molar-refractivity contribution in [3.63, 3.8) is 0 Å². The summed E-state index contributed by atoms with van der Waals surface area (Å²) in [7, 11) is -3.61. The number of pyridine rings is 1. The lowest BCUT2D eigenvalue weighted by atomic mass is 10.1. The third kappa shape index (κ3) is 3.22. The third-order valence-electron chi connectivity index (χ3n) is 3.05. The predicted molar refractivity (Wildman–Crippen MR) is 77.3 cm³/mol. The molecule has 20 heavy (non-hydrogen) atoms. The molecular weight excluding hydrogens is 274 g/mol. The van der Waals surface area contributed by atoms with E-state index in [1.165, 1.54) is 12.3 Å². The van der Waals surface area contributed by atoms with Crippen LogP contribution in [0, 0.1) is 6.92 Å². The van der Waals surface area contributed by atoms with Gasteiger partial charge in [-0.2, -0.15) is 0 Å². The summed E-state index contributed by atoms with van der Waals surface area (Å²) in [6.45, 7) is 2.27. The number of hydrogen-bond donors (Lipinski definition) is 2. The number of nitrogens with one attached hydrogen (secondary N) is 1. The molecule has 3 N–H and O–H groups in total. The SMILES string of the molecule is Cc1ccccc1CNS(=O)(=O)c1cccnc1CN. The van der Waals surface area contributed by atoms with Gasteiger partial charge in [0.25, 0.3) is 0 Å². The number of rotatable bonds is 5. The molecule has 2 rings (SSSR count). The highest BCUT2D eigenvalue weighted by Gasteiger charge is 2.18. The molecule has 1 heterocycles. The van der Waals surface area contributed by atoms with Gasteiger partial charge >= 0.3 is 0 Å². The molecule has 106 valence electrons. The Hall–Kier alpha value is -1.76. The molecule has 0 fully saturated rings. The Bertz CT molecular complexity index is 699. The highest BCUT2D eigenvalue weighted by molar-refractivity contribution is 7.89.